The number of hydrogen-bond acceptors (Lipinski definition) is 4. The smallest absolute Gasteiger partial charge is 0.270 e. The normalized spacial score (nSPS) is 15.0. The van der Waals surface area contributed by atoms with Crippen molar-refractivity contribution in [1.29, 1.82) is 0 Å². The van der Waals surface area contributed by atoms with Gasteiger partial charge in [-0.25, -0.2) is 0 Å². The Morgan fingerprint density at radius 3 is 2.47 bits per heavy atom. The van der Waals surface area contributed by atoms with Gasteiger partial charge in [-0.15, -0.1) is 0 Å². The molecule has 1 saturated heterocycles. The van der Waals surface area contributed by atoms with Gasteiger partial charge in [0.05, 0.1) is 10.6 Å². The number of thiocarbonyl (C=S) groups is 1. The van der Waals surface area contributed by atoms with Gasteiger partial charge in [0, 0.05) is 16.1 Å². The molecule has 32 heavy (non-hydrogen) atoms. The summed E-state index contributed by atoms with van der Waals surface area (Å²) in [5.74, 6) is 0.573. The molecule has 0 aliphatic carbocycles. The minimum Gasteiger partial charge on any atom is -0.488 e. The van der Waals surface area contributed by atoms with Gasteiger partial charge in [-0.2, -0.15) is 0 Å². The number of nitrogens with zero attached hydrogens (tertiary/aromatic N) is 1. The molecule has 1 aliphatic rings. The first kappa shape index (κ1) is 22.6. The SMILES string of the molecule is Cc1ccc(OCc2ccccc2Cl)c(/C=C2\SC(=S)N(c3c(C)cccc3C)C2=O)c1. The lowest BCUT2D eigenvalue weighted by Gasteiger charge is -2.19. The first-order valence-electron chi connectivity index (χ1n) is 10.2. The number of benzene rings is 3. The van der Waals surface area contributed by atoms with Crippen molar-refractivity contribution >= 4 is 57.6 Å². The van der Waals surface area contributed by atoms with Crippen LogP contribution in [0.4, 0.5) is 5.69 Å². The molecule has 6 heteroatoms. The number of anilines is 1. The maximum absolute atomic E-state index is 13.3. The average Bonchev–Trinajstić information content (AvgIpc) is 3.02. The van der Waals surface area contributed by atoms with Crippen LogP contribution in [0, 0.1) is 20.8 Å². The van der Waals surface area contributed by atoms with E-state index in [1.807, 2.05) is 87.5 Å². The van der Waals surface area contributed by atoms with Crippen LogP contribution < -0.4 is 9.64 Å². The summed E-state index contributed by atoms with van der Waals surface area (Å²) in [5.41, 5.74) is 5.70. The second-order valence-corrected chi connectivity index (χ2v) is 9.76. The number of para-hydroxylation sites is 1. The van der Waals surface area contributed by atoms with Crippen LogP contribution in [0.15, 0.2) is 65.6 Å². The van der Waals surface area contributed by atoms with Crippen molar-refractivity contribution in [3.8, 4) is 5.75 Å². The molecule has 4 rings (SSSR count). The number of carbonyl (C=O) groups excluding carboxylic acids is 1. The van der Waals surface area contributed by atoms with Crippen molar-refractivity contribution in [3.05, 3.63) is 98.4 Å². The van der Waals surface area contributed by atoms with Crippen LogP contribution in [0.2, 0.25) is 5.02 Å². The Hall–Kier alpha value is -2.60. The molecule has 1 amide bonds. The summed E-state index contributed by atoms with van der Waals surface area (Å²) >= 11 is 13.2. The van der Waals surface area contributed by atoms with Gasteiger partial charge in [-0.3, -0.25) is 9.69 Å². The Labute approximate surface area is 203 Å². The fourth-order valence-electron chi connectivity index (χ4n) is 3.64. The van der Waals surface area contributed by atoms with E-state index in [0.29, 0.717) is 26.6 Å². The molecular weight excluding hydrogens is 458 g/mol. The highest BCUT2D eigenvalue weighted by Gasteiger charge is 2.35. The Morgan fingerprint density at radius 1 is 1.03 bits per heavy atom. The zero-order valence-electron chi connectivity index (χ0n) is 18.0. The van der Waals surface area contributed by atoms with Crippen LogP contribution >= 0.6 is 35.6 Å². The largest absolute Gasteiger partial charge is 0.488 e. The van der Waals surface area contributed by atoms with E-state index in [-0.39, 0.29) is 5.91 Å². The van der Waals surface area contributed by atoms with Crippen molar-refractivity contribution in [2.24, 2.45) is 0 Å². The van der Waals surface area contributed by atoms with Crippen molar-refractivity contribution < 1.29 is 9.53 Å². The fourth-order valence-corrected chi connectivity index (χ4v) is 5.10. The second kappa shape index (κ2) is 9.49. The third kappa shape index (κ3) is 4.60. The van der Waals surface area contributed by atoms with Gasteiger partial charge in [0.2, 0.25) is 0 Å². The zero-order chi connectivity index (χ0) is 22.8. The summed E-state index contributed by atoms with van der Waals surface area (Å²) in [6, 6.07) is 19.5. The molecule has 3 aromatic carbocycles. The van der Waals surface area contributed by atoms with Crippen molar-refractivity contribution in [1.82, 2.24) is 0 Å². The molecule has 1 aliphatic heterocycles. The predicted molar refractivity (Wildman–Crippen MR) is 139 cm³/mol. The van der Waals surface area contributed by atoms with E-state index in [9.17, 15) is 4.79 Å². The first-order chi connectivity index (χ1) is 15.3. The maximum Gasteiger partial charge on any atom is 0.270 e. The number of carbonyl (C=O) groups is 1. The minimum absolute atomic E-state index is 0.115. The van der Waals surface area contributed by atoms with Crippen LogP contribution in [0.25, 0.3) is 6.08 Å². The van der Waals surface area contributed by atoms with Crippen molar-refractivity contribution in [2.45, 2.75) is 27.4 Å². The number of ether oxygens (including phenoxy) is 1. The molecular formula is C26H22ClNO2S2. The molecule has 0 atom stereocenters. The van der Waals surface area contributed by atoms with E-state index >= 15 is 0 Å². The lowest BCUT2D eigenvalue weighted by molar-refractivity contribution is -0.113. The zero-order valence-corrected chi connectivity index (χ0v) is 20.4. The third-order valence-corrected chi connectivity index (χ3v) is 6.92. The maximum atomic E-state index is 13.3. The molecule has 0 unspecified atom stereocenters. The summed E-state index contributed by atoms with van der Waals surface area (Å²) < 4.78 is 6.62. The van der Waals surface area contributed by atoms with Gasteiger partial charge in [0.15, 0.2) is 4.32 Å². The standard InChI is InChI=1S/C26H22ClNO2S2/c1-16-11-12-22(30-15-19-9-4-5-10-21(19)27)20(13-16)14-23-25(29)28(26(31)32-23)24-17(2)7-6-8-18(24)3/h4-14H,15H2,1-3H3/b23-14-. The molecule has 3 nitrogen and oxygen atoms in total. The number of hydrogen-bond donors (Lipinski definition) is 0. The molecule has 1 heterocycles. The predicted octanol–water partition coefficient (Wildman–Crippen LogP) is 7.25. The topological polar surface area (TPSA) is 29.5 Å². The van der Waals surface area contributed by atoms with Gasteiger partial charge in [-0.05, 0) is 56.2 Å². The van der Waals surface area contributed by atoms with E-state index in [0.717, 1.165) is 33.5 Å². The van der Waals surface area contributed by atoms with Crippen LogP contribution in [-0.4, -0.2) is 10.2 Å². The molecule has 0 spiro atoms. The first-order valence-corrected chi connectivity index (χ1v) is 11.8. The van der Waals surface area contributed by atoms with E-state index in [1.54, 1.807) is 4.90 Å². The minimum atomic E-state index is -0.115. The lowest BCUT2D eigenvalue weighted by atomic mass is 10.1. The number of rotatable bonds is 5. The highest BCUT2D eigenvalue weighted by molar-refractivity contribution is 8.27. The average molecular weight is 480 g/mol. The van der Waals surface area contributed by atoms with E-state index < -0.39 is 0 Å². The lowest BCUT2D eigenvalue weighted by Crippen LogP contribution is -2.29. The second-order valence-electron chi connectivity index (χ2n) is 7.68. The molecule has 0 bridgehead atoms. The third-order valence-electron chi connectivity index (χ3n) is 5.25. The van der Waals surface area contributed by atoms with Crippen LogP contribution in [-0.2, 0) is 11.4 Å². The van der Waals surface area contributed by atoms with Gasteiger partial charge in [-0.1, -0.05) is 83.6 Å². The molecule has 162 valence electrons. The number of aryl methyl sites for hydroxylation is 3. The summed E-state index contributed by atoms with van der Waals surface area (Å²) in [6.45, 7) is 6.33. The summed E-state index contributed by atoms with van der Waals surface area (Å²) in [7, 11) is 0. The molecule has 0 N–H and O–H groups in total. The number of amides is 1. The molecule has 1 fully saturated rings. The number of thioether (sulfide) groups is 1. The highest BCUT2D eigenvalue weighted by atomic mass is 35.5. The molecule has 3 aromatic rings. The summed E-state index contributed by atoms with van der Waals surface area (Å²) in [4.78, 5) is 15.5. The summed E-state index contributed by atoms with van der Waals surface area (Å²) in [5, 5.41) is 0.663. The molecule has 0 aromatic heterocycles. The van der Waals surface area contributed by atoms with Crippen molar-refractivity contribution in [3.63, 3.8) is 0 Å². The number of halogens is 1. The van der Waals surface area contributed by atoms with E-state index in [1.165, 1.54) is 11.8 Å². The quantitative estimate of drug-likeness (QED) is 0.284. The van der Waals surface area contributed by atoms with E-state index in [2.05, 4.69) is 0 Å². The highest BCUT2D eigenvalue weighted by Crippen LogP contribution is 2.39. The van der Waals surface area contributed by atoms with Gasteiger partial charge in [0.1, 0.15) is 12.4 Å². The van der Waals surface area contributed by atoms with Gasteiger partial charge >= 0.3 is 0 Å². The van der Waals surface area contributed by atoms with Crippen LogP contribution in [0.3, 0.4) is 0 Å². The molecule has 0 radical (unpaired) electrons. The van der Waals surface area contributed by atoms with Gasteiger partial charge < -0.3 is 4.74 Å². The van der Waals surface area contributed by atoms with Crippen LogP contribution in [0.5, 0.6) is 5.75 Å². The van der Waals surface area contributed by atoms with E-state index in [4.69, 9.17) is 28.6 Å². The Kier molecular flexibility index (Phi) is 6.70. The fraction of sp³-hybridized carbons (Fsp3) is 0.154. The summed E-state index contributed by atoms with van der Waals surface area (Å²) in [6.07, 6.45) is 1.86. The van der Waals surface area contributed by atoms with Crippen molar-refractivity contribution in [2.75, 3.05) is 4.90 Å². The van der Waals surface area contributed by atoms with Gasteiger partial charge in [0.25, 0.3) is 5.91 Å². The Bertz CT molecular complexity index is 1230. The monoisotopic (exact) mass is 479 g/mol. The Morgan fingerprint density at radius 2 is 1.75 bits per heavy atom. The van der Waals surface area contributed by atoms with Crippen LogP contribution in [0.1, 0.15) is 27.8 Å². The molecule has 0 saturated carbocycles. The Balaban J connectivity index is 1.65.